The second kappa shape index (κ2) is 8.64. The van der Waals surface area contributed by atoms with Crippen molar-refractivity contribution in [2.45, 2.75) is 25.7 Å². The van der Waals surface area contributed by atoms with E-state index >= 15 is 0 Å². The van der Waals surface area contributed by atoms with Gasteiger partial charge in [0, 0.05) is 24.6 Å². The summed E-state index contributed by atoms with van der Waals surface area (Å²) in [7, 11) is 0. The molecule has 0 aromatic heterocycles. The van der Waals surface area contributed by atoms with Gasteiger partial charge < -0.3 is 9.90 Å². The van der Waals surface area contributed by atoms with Gasteiger partial charge in [-0.25, -0.2) is 0 Å². The number of amides is 2. The van der Waals surface area contributed by atoms with Crippen molar-refractivity contribution in [1.82, 2.24) is 4.90 Å². The number of imide groups is 1. The Hall–Kier alpha value is -1.13. The Kier molecular flexibility index (Phi) is 7.48. The quantitative estimate of drug-likeness (QED) is 0.177. The Bertz CT molecular complexity index is 661. The summed E-state index contributed by atoms with van der Waals surface area (Å²) < 4.78 is 0. The van der Waals surface area contributed by atoms with E-state index in [0.29, 0.717) is 19.3 Å². The molecule has 1 aliphatic rings. The number of carbonyl (C=O) groups excluding carboxylic acids is 3. The summed E-state index contributed by atoms with van der Waals surface area (Å²) in [6.45, 7) is 0.160. The number of hydrogen-bond donors (Lipinski definition) is 0. The maximum absolute atomic E-state index is 12.1. The molecule has 2 amide bonds. The number of nitrogens with zero attached hydrogens (tertiary/aromatic N) is 2. The van der Waals surface area contributed by atoms with Crippen molar-refractivity contribution in [3.63, 3.8) is 0 Å². The fourth-order valence-corrected chi connectivity index (χ4v) is 2.31. The molecule has 8 nitrogen and oxygen atoms in total. The summed E-state index contributed by atoms with van der Waals surface area (Å²) >= 11 is 0. The van der Waals surface area contributed by atoms with E-state index < -0.39 is 22.7 Å². The van der Waals surface area contributed by atoms with E-state index in [1.54, 1.807) is 0 Å². The zero-order chi connectivity index (χ0) is 16.3. The van der Waals surface area contributed by atoms with Gasteiger partial charge in [0.25, 0.3) is 17.5 Å². The summed E-state index contributed by atoms with van der Waals surface area (Å²) in [4.78, 5) is 45.6. The van der Waals surface area contributed by atoms with Crippen molar-refractivity contribution >= 4 is 23.5 Å². The van der Waals surface area contributed by atoms with Crippen LogP contribution in [0.2, 0.25) is 0 Å². The fraction of sp³-hybridized carbons (Fsp3) is 0.357. The monoisotopic (exact) mass is 344 g/mol. The summed E-state index contributed by atoms with van der Waals surface area (Å²) in [5, 5.41) is 21.0. The minimum Gasteiger partial charge on any atom is -0.550 e. The van der Waals surface area contributed by atoms with Crippen LogP contribution in [-0.2, 0) is 4.79 Å². The van der Waals surface area contributed by atoms with Gasteiger partial charge in [0.1, 0.15) is 0 Å². The summed E-state index contributed by atoms with van der Waals surface area (Å²) in [5.41, 5.74) is -0.0463. The molecule has 116 valence electrons. The first-order valence-electron chi connectivity index (χ1n) is 6.76. The van der Waals surface area contributed by atoms with Crippen LogP contribution in [0.3, 0.4) is 0 Å². The number of benzene rings is 1. The van der Waals surface area contributed by atoms with Crippen molar-refractivity contribution in [2.24, 2.45) is 0 Å². The number of rotatable bonds is 7. The number of nitro benzene ring substituents is 1. The number of hydrogen-bond acceptors (Lipinski definition) is 6. The number of unbranched alkanes of at least 4 members (excludes halogenated alkanes) is 2. The van der Waals surface area contributed by atoms with E-state index in [-0.39, 0.29) is 81.2 Å². The Morgan fingerprint density at radius 1 is 1.09 bits per heavy atom. The van der Waals surface area contributed by atoms with Gasteiger partial charge >= 0.3 is 51.4 Å². The predicted octanol–water partition coefficient (Wildman–Crippen LogP) is -2.49. The van der Waals surface area contributed by atoms with Gasteiger partial charge in [0.05, 0.1) is 16.1 Å². The summed E-state index contributed by atoms with van der Waals surface area (Å²) in [6.07, 6.45) is 1.37. The largest absolute Gasteiger partial charge is 1.00 e. The standard InChI is InChI=1S/C14H14N2O6.K/c17-12(18)4-2-1-3-7-15-13(19)10-6-5-9(16(21)22)8-11(10)14(15)20;/h5-6,8H,1-4,7H2,(H,17,18);/q;+1/p-1. The van der Waals surface area contributed by atoms with Crippen LogP contribution < -0.4 is 56.5 Å². The number of nitro groups is 1. The van der Waals surface area contributed by atoms with Gasteiger partial charge in [-0.15, -0.1) is 0 Å². The van der Waals surface area contributed by atoms with Crippen LogP contribution >= 0.6 is 0 Å². The number of carbonyl (C=O) groups is 3. The van der Waals surface area contributed by atoms with Crippen molar-refractivity contribution in [3.05, 3.63) is 39.4 Å². The molecule has 1 aromatic carbocycles. The summed E-state index contributed by atoms with van der Waals surface area (Å²) in [5.74, 6) is -2.16. The van der Waals surface area contributed by atoms with Crippen LogP contribution in [0.15, 0.2) is 18.2 Å². The molecule has 0 N–H and O–H groups in total. The normalized spacial score (nSPS) is 12.8. The van der Waals surface area contributed by atoms with Crippen molar-refractivity contribution in [3.8, 4) is 0 Å². The average Bonchev–Trinajstić information content (AvgIpc) is 2.70. The molecule has 1 heterocycles. The van der Waals surface area contributed by atoms with Gasteiger partial charge in [-0.1, -0.05) is 6.42 Å². The van der Waals surface area contributed by atoms with Crippen LogP contribution in [0.1, 0.15) is 46.4 Å². The first-order valence-corrected chi connectivity index (χ1v) is 6.76. The molecule has 9 heteroatoms. The maximum atomic E-state index is 12.1. The second-order valence-electron chi connectivity index (χ2n) is 4.93. The average molecular weight is 344 g/mol. The van der Waals surface area contributed by atoms with Gasteiger partial charge in [0.2, 0.25) is 0 Å². The van der Waals surface area contributed by atoms with E-state index in [1.807, 2.05) is 0 Å². The molecular formula is C14H13KN2O6. The Labute approximate surface area is 174 Å². The zero-order valence-electron chi connectivity index (χ0n) is 12.6. The third-order valence-electron chi connectivity index (χ3n) is 3.43. The Morgan fingerprint density at radius 2 is 1.74 bits per heavy atom. The SMILES string of the molecule is O=C([O-])CCCCCN1C(=O)c2ccc([N+](=O)[O-])cc2C1=O.[K+]. The summed E-state index contributed by atoms with van der Waals surface area (Å²) in [6, 6.07) is 3.57. The smallest absolute Gasteiger partial charge is 0.550 e. The van der Waals surface area contributed by atoms with Crippen LogP contribution in [0.25, 0.3) is 0 Å². The molecule has 0 bridgehead atoms. The number of fused-ring (bicyclic) bond motifs is 1. The van der Waals surface area contributed by atoms with E-state index in [0.717, 1.165) is 11.0 Å². The molecule has 0 unspecified atom stereocenters. The third kappa shape index (κ3) is 4.67. The van der Waals surface area contributed by atoms with Gasteiger partial charge in [-0.05, 0) is 25.3 Å². The van der Waals surface area contributed by atoms with E-state index in [1.165, 1.54) is 12.1 Å². The fourth-order valence-electron chi connectivity index (χ4n) is 2.31. The Morgan fingerprint density at radius 3 is 2.35 bits per heavy atom. The molecule has 1 aliphatic heterocycles. The van der Waals surface area contributed by atoms with Crippen LogP contribution in [-0.4, -0.2) is 34.2 Å². The predicted molar refractivity (Wildman–Crippen MR) is 71.9 cm³/mol. The molecule has 0 fully saturated rings. The third-order valence-corrected chi connectivity index (χ3v) is 3.43. The van der Waals surface area contributed by atoms with Crippen LogP contribution in [0.5, 0.6) is 0 Å². The topological polar surface area (TPSA) is 121 Å². The van der Waals surface area contributed by atoms with E-state index in [9.17, 15) is 29.6 Å². The van der Waals surface area contributed by atoms with Gasteiger partial charge in [0.15, 0.2) is 0 Å². The molecule has 0 saturated heterocycles. The Balaban J connectivity index is 0.00000264. The number of carboxylic acid groups (broad SMARTS) is 1. The van der Waals surface area contributed by atoms with Gasteiger partial charge in [-0.2, -0.15) is 0 Å². The molecular weight excluding hydrogens is 331 g/mol. The maximum Gasteiger partial charge on any atom is 1.00 e. The van der Waals surface area contributed by atoms with Crippen molar-refractivity contribution in [2.75, 3.05) is 6.54 Å². The molecule has 23 heavy (non-hydrogen) atoms. The molecule has 1 aromatic rings. The number of carboxylic acids is 1. The molecule has 0 aliphatic carbocycles. The van der Waals surface area contributed by atoms with Crippen molar-refractivity contribution in [1.29, 1.82) is 0 Å². The molecule has 0 spiro atoms. The first kappa shape index (κ1) is 19.9. The number of aliphatic carboxylic acids is 1. The molecule has 0 saturated carbocycles. The first-order chi connectivity index (χ1) is 10.4. The van der Waals surface area contributed by atoms with Gasteiger partial charge in [-0.3, -0.25) is 24.6 Å². The van der Waals surface area contributed by atoms with Crippen LogP contribution in [0, 0.1) is 10.1 Å². The zero-order valence-corrected chi connectivity index (χ0v) is 15.7. The van der Waals surface area contributed by atoms with E-state index in [4.69, 9.17) is 0 Å². The molecule has 0 atom stereocenters. The minimum atomic E-state index is -1.13. The molecule has 0 radical (unpaired) electrons. The molecule has 2 rings (SSSR count). The second-order valence-corrected chi connectivity index (χ2v) is 4.93. The number of non-ortho nitro benzene ring substituents is 1. The van der Waals surface area contributed by atoms with Crippen LogP contribution in [0.4, 0.5) is 5.69 Å². The van der Waals surface area contributed by atoms with E-state index in [2.05, 4.69) is 0 Å². The minimum absolute atomic E-state index is 0. The van der Waals surface area contributed by atoms with Crippen molar-refractivity contribution < 1.29 is 75.8 Å².